The van der Waals surface area contributed by atoms with E-state index in [1.807, 2.05) is 7.05 Å². The molecule has 1 heterocycles. The molecule has 0 spiro atoms. The minimum absolute atomic E-state index is 0.0900. The van der Waals surface area contributed by atoms with Crippen molar-refractivity contribution in [1.82, 2.24) is 10.2 Å². The van der Waals surface area contributed by atoms with Gasteiger partial charge in [-0.3, -0.25) is 4.79 Å². The first kappa shape index (κ1) is 8.94. The molecular formula is C9H15FN2O. The summed E-state index contributed by atoms with van der Waals surface area (Å²) >= 11 is 0. The van der Waals surface area contributed by atoms with Gasteiger partial charge in [-0.25, -0.2) is 4.39 Å². The zero-order valence-corrected chi connectivity index (χ0v) is 7.79. The van der Waals surface area contributed by atoms with E-state index in [9.17, 15) is 9.18 Å². The van der Waals surface area contributed by atoms with Crippen LogP contribution in [0.1, 0.15) is 12.8 Å². The molecule has 1 unspecified atom stereocenters. The Morgan fingerprint density at radius 1 is 1.62 bits per heavy atom. The Hall–Kier alpha value is -0.640. The number of alkyl halides is 1. The SMILES string of the molecule is CN1CC[C@H](NC(=O)[C@@H]2CC2F)C1. The average molecular weight is 186 g/mol. The van der Waals surface area contributed by atoms with E-state index in [0.717, 1.165) is 19.5 Å². The highest BCUT2D eigenvalue weighted by Gasteiger charge is 2.44. The second-order valence-corrected chi connectivity index (χ2v) is 4.11. The van der Waals surface area contributed by atoms with Gasteiger partial charge in [0.1, 0.15) is 6.17 Å². The van der Waals surface area contributed by atoms with Gasteiger partial charge >= 0.3 is 0 Å². The summed E-state index contributed by atoms with van der Waals surface area (Å²) in [7, 11) is 2.03. The van der Waals surface area contributed by atoms with Crippen LogP contribution < -0.4 is 5.32 Å². The lowest BCUT2D eigenvalue weighted by molar-refractivity contribution is -0.123. The van der Waals surface area contributed by atoms with E-state index in [0.29, 0.717) is 6.42 Å². The maximum absolute atomic E-state index is 12.5. The van der Waals surface area contributed by atoms with Crippen LogP contribution in [0.2, 0.25) is 0 Å². The quantitative estimate of drug-likeness (QED) is 0.666. The summed E-state index contributed by atoms with van der Waals surface area (Å²) in [5.74, 6) is -0.432. The molecule has 0 aromatic rings. The van der Waals surface area contributed by atoms with Crippen LogP contribution >= 0.6 is 0 Å². The number of halogens is 1. The summed E-state index contributed by atoms with van der Waals surface area (Å²) in [6.07, 6.45) is 0.541. The van der Waals surface area contributed by atoms with Crippen molar-refractivity contribution in [3.05, 3.63) is 0 Å². The summed E-state index contributed by atoms with van der Waals surface area (Å²) in [6.45, 7) is 1.92. The fraction of sp³-hybridized carbons (Fsp3) is 0.889. The summed E-state index contributed by atoms with van der Waals surface area (Å²) in [6, 6.07) is 0.241. The van der Waals surface area contributed by atoms with Gasteiger partial charge in [-0.1, -0.05) is 0 Å². The number of rotatable bonds is 2. The van der Waals surface area contributed by atoms with Crippen LogP contribution in [0.4, 0.5) is 4.39 Å². The van der Waals surface area contributed by atoms with E-state index in [4.69, 9.17) is 0 Å². The zero-order chi connectivity index (χ0) is 9.42. The number of carbonyl (C=O) groups is 1. The molecule has 74 valence electrons. The highest BCUT2D eigenvalue weighted by atomic mass is 19.1. The molecule has 1 saturated heterocycles. The monoisotopic (exact) mass is 186 g/mol. The molecule has 2 aliphatic rings. The third kappa shape index (κ3) is 1.99. The second kappa shape index (κ2) is 3.25. The molecule has 2 rings (SSSR count). The smallest absolute Gasteiger partial charge is 0.226 e. The van der Waals surface area contributed by atoms with E-state index in [1.165, 1.54) is 0 Å². The summed E-state index contributed by atoms with van der Waals surface area (Å²) < 4.78 is 12.5. The molecular weight excluding hydrogens is 171 g/mol. The van der Waals surface area contributed by atoms with Crippen LogP contribution in [-0.4, -0.2) is 43.2 Å². The van der Waals surface area contributed by atoms with Crippen LogP contribution in [0.25, 0.3) is 0 Å². The van der Waals surface area contributed by atoms with Crippen molar-refractivity contribution in [2.24, 2.45) is 5.92 Å². The molecule has 0 aromatic carbocycles. The lowest BCUT2D eigenvalue weighted by Gasteiger charge is -2.12. The maximum atomic E-state index is 12.5. The van der Waals surface area contributed by atoms with Crippen molar-refractivity contribution in [3.8, 4) is 0 Å². The van der Waals surface area contributed by atoms with Crippen LogP contribution in [-0.2, 0) is 4.79 Å². The molecule has 4 heteroatoms. The molecule has 3 nitrogen and oxygen atoms in total. The molecule has 1 aliphatic carbocycles. The molecule has 2 fully saturated rings. The number of hydrogen-bond acceptors (Lipinski definition) is 2. The normalized spacial score (nSPS) is 39.1. The first-order chi connectivity index (χ1) is 6.16. The first-order valence-corrected chi connectivity index (χ1v) is 4.80. The molecule has 1 saturated carbocycles. The largest absolute Gasteiger partial charge is 0.352 e. The molecule has 3 atom stereocenters. The first-order valence-electron chi connectivity index (χ1n) is 4.80. The van der Waals surface area contributed by atoms with Crippen LogP contribution in [0.5, 0.6) is 0 Å². The summed E-state index contributed by atoms with van der Waals surface area (Å²) in [5, 5.41) is 2.88. The van der Waals surface area contributed by atoms with Crippen LogP contribution in [0.15, 0.2) is 0 Å². The standard InChI is InChI=1S/C9H15FN2O/c1-12-3-2-6(5-12)11-9(13)7-4-8(7)10/h6-8H,2-5H2,1H3,(H,11,13)/t6-,7+,8?/m0/s1. The minimum Gasteiger partial charge on any atom is -0.352 e. The van der Waals surface area contributed by atoms with E-state index in [-0.39, 0.29) is 17.9 Å². The second-order valence-electron chi connectivity index (χ2n) is 4.11. The van der Waals surface area contributed by atoms with Gasteiger partial charge in [0, 0.05) is 12.6 Å². The Morgan fingerprint density at radius 2 is 2.31 bits per heavy atom. The fourth-order valence-corrected chi connectivity index (χ4v) is 1.80. The van der Waals surface area contributed by atoms with E-state index >= 15 is 0 Å². The average Bonchev–Trinajstić information content (AvgIpc) is 2.66. The summed E-state index contributed by atoms with van der Waals surface area (Å²) in [5.41, 5.74) is 0. The number of carbonyl (C=O) groups excluding carboxylic acids is 1. The molecule has 13 heavy (non-hydrogen) atoms. The van der Waals surface area contributed by atoms with Crippen molar-refractivity contribution >= 4 is 5.91 Å². The van der Waals surface area contributed by atoms with Gasteiger partial charge in [0.15, 0.2) is 0 Å². The highest BCUT2D eigenvalue weighted by Crippen LogP contribution is 2.33. The Balaban J connectivity index is 1.75. The molecule has 1 N–H and O–H groups in total. The number of hydrogen-bond donors (Lipinski definition) is 1. The lowest BCUT2D eigenvalue weighted by atomic mass is 10.2. The van der Waals surface area contributed by atoms with Crippen LogP contribution in [0, 0.1) is 5.92 Å². The van der Waals surface area contributed by atoms with Crippen molar-refractivity contribution in [3.63, 3.8) is 0 Å². The number of amides is 1. The predicted octanol–water partition coefficient (Wildman–Crippen LogP) is 0.165. The lowest BCUT2D eigenvalue weighted by Crippen LogP contribution is -2.37. The Kier molecular flexibility index (Phi) is 2.24. The molecule has 1 aliphatic heterocycles. The molecule has 0 aromatic heterocycles. The third-order valence-electron chi connectivity index (χ3n) is 2.79. The van der Waals surface area contributed by atoms with Gasteiger partial charge < -0.3 is 10.2 Å². The third-order valence-corrected chi connectivity index (χ3v) is 2.79. The van der Waals surface area contributed by atoms with Crippen molar-refractivity contribution < 1.29 is 9.18 Å². The highest BCUT2D eigenvalue weighted by molar-refractivity contribution is 5.82. The van der Waals surface area contributed by atoms with Crippen molar-refractivity contribution in [2.45, 2.75) is 25.1 Å². The zero-order valence-electron chi connectivity index (χ0n) is 7.79. The Morgan fingerprint density at radius 3 is 2.77 bits per heavy atom. The van der Waals surface area contributed by atoms with Gasteiger partial charge in [-0.15, -0.1) is 0 Å². The van der Waals surface area contributed by atoms with Gasteiger partial charge in [-0.05, 0) is 26.4 Å². The number of nitrogens with zero attached hydrogens (tertiary/aromatic N) is 1. The van der Waals surface area contributed by atoms with Crippen molar-refractivity contribution in [2.75, 3.05) is 20.1 Å². The maximum Gasteiger partial charge on any atom is 0.226 e. The molecule has 0 radical (unpaired) electrons. The Labute approximate surface area is 77.3 Å². The topological polar surface area (TPSA) is 32.3 Å². The Bertz CT molecular complexity index is 222. The summed E-state index contributed by atoms with van der Waals surface area (Å²) in [4.78, 5) is 13.5. The minimum atomic E-state index is -0.876. The van der Waals surface area contributed by atoms with E-state index in [2.05, 4.69) is 10.2 Å². The van der Waals surface area contributed by atoms with Crippen LogP contribution in [0.3, 0.4) is 0 Å². The van der Waals surface area contributed by atoms with Gasteiger partial charge in [0.05, 0.1) is 5.92 Å². The van der Waals surface area contributed by atoms with E-state index in [1.54, 1.807) is 0 Å². The van der Waals surface area contributed by atoms with Gasteiger partial charge in [-0.2, -0.15) is 0 Å². The number of nitrogens with one attached hydrogen (secondary N) is 1. The predicted molar refractivity (Wildman–Crippen MR) is 47.0 cm³/mol. The number of likely N-dealkylation sites (N-methyl/N-ethyl adjacent to an activating group) is 1. The van der Waals surface area contributed by atoms with Gasteiger partial charge in [0.25, 0.3) is 0 Å². The van der Waals surface area contributed by atoms with Gasteiger partial charge in [0.2, 0.25) is 5.91 Å². The number of likely N-dealkylation sites (tertiary alicyclic amines) is 1. The fourth-order valence-electron chi connectivity index (χ4n) is 1.80. The van der Waals surface area contributed by atoms with E-state index < -0.39 is 6.17 Å². The molecule has 1 amide bonds. The van der Waals surface area contributed by atoms with Crippen molar-refractivity contribution in [1.29, 1.82) is 0 Å². The molecule has 0 bridgehead atoms.